The van der Waals surface area contributed by atoms with Crippen molar-refractivity contribution >= 4 is 23.6 Å². The third-order valence-corrected chi connectivity index (χ3v) is 4.36. The summed E-state index contributed by atoms with van der Waals surface area (Å²) in [6, 6.07) is 15.1. The van der Waals surface area contributed by atoms with Gasteiger partial charge < -0.3 is 20.7 Å². The summed E-state index contributed by atoms with van der Waals surface area (Å²) >= 11 is 0. The molecule has 0 aromatic heterocycles. The molecule has 0 bridgehead atoms. The van der Waals surface area contributed by atoms with Crippen LogP contribution in [0, 0.1) is 6.92 Å². The van der Waals surface area contributed by atoms with Gasteiger partial charge in [-0.1, -0.05) is 36.4 Å². The van der Waals surface area contributed by atoms with Gasteiger partial charge in [0.05, 0.1) is 6.42 Å². The first-order valence-electron chi connectivity index (χ1n) is 10.3. The molecule has 2 aromatic rings. The van der Waals surface area contributed by atoms with Gasteiger partial charge in [-0.2, -0.15) is 0 Å². The van der Waals surface area contributed by atoms with Crippen molar-refractivity contribution in [3.8, 4) is 0 Å². The maximum absolute atomic E-state index is 12.3. The minimum Gasteiger partial charge on any atom is -0.444 e. The highest BCUT2D eigenvalue weighted by molar-refractivity contribution is 5.92. The summed E-state index contributed by atoms with van der Waals surface area (Å²) < 4.78 is 5.11. The van der Waals surface area contributed by atoms with E-state index in [0.29, 0.717) is 18.7 Å². The first kappa shape index (κ1) is 23.9. The number of carbonyl (C=O) groups is 3. The Kier molecular flexibility index (Phi) is 8.61. The van der Waals surface area contributed by atoms with Crippen LogP contribution in [-0.4, -0.2) is 30.1 Å². The Morgan fingerprint density at radius 1 is 0.903 bits per heavy atom. The van der Waals surface area contributed by atoms with Crippen LogP contribution >= 0.6 is 0 Å². The summed E-state index contributed by atoms with van der Waals surface area (Å²) in [5.41, 5.74) is 3.13. The molecule has 0 aliphatic carbocycles. The van der Waals surface area contributed by atoms with Crippen molar-refractivity contribution < 1.29 is 19.1 Å². The summed E-state index contributed by atoms with van der Waals surface area (Å²) in [6.45, 7) is 7.88. The molecule has 0 heterocycles. The lowest BCUT2D eigenvalue weighted by Crippen LogP contribution is -2.35. The van der Waals surface area contributed by atoms with Crippen LogP contribution in [0.2, 0.25) is 0 Å². The molecule has 31 heavy (non-hydrogen) atoms. The van der Waals surface area contributed by atoms with E-state index >= 15 is 0 Å². The number of ether oxygens (including phenoxy) is 1. The average Bonchev–Trinajstić information content (AvgIpc) is 2.68. The number of hydrogen-bond acceptors (Lipinski definition) is 4. The van der Waals surface area contributed by atoms with Crippen molar-refractivity contribution in [2.45, 2.75) is 52.7 Å². The van der Waals surface area contributed by atoms with Crippen LogP contribution in [0.3, 0.4) is 0 Å². The van der Waals surface area contributed by atoms with Crippen LogP contribution in [0.15, 0.2) is 48.5 Å². The lowest BCUT2D eigenvalue weighted by molar-refractivity contribution is -0.121. The molecule has 7 heteroatoms. The maximum Gasteiger partial charge on any atom is 0.407 e. The highest BCUT2D eigenvalue weighted by atomic mass is 16.6. The van der Waals surface area contributed by atoms with E-state index in [1.807, 2.05) is 43.3 Å². The third kappa shape index (κ3) is 9.33. The molecule has 0 atom stereocenters. The number of benzene rings is 2. The Balaban J connectivity index is 1.71. The van der Waals surface area contributed by atoms with Crippen molar-refractivity contribution in [2.75, 3.05) is 11.9 Å². The number of anilines is 1. The molecule has 0 radical (unpaired) electrons. The molecular formula is C24H31N3O4. The van der Waals surface area contributed by atoms with E-state index in [0.717, 1.165) is 16.7 Å². The lowest BCUT2D eigenvalue weighted by atomic mass is 10.1. The fourth-order valence-electron chi connectivity index (χ4n) is 2.77. The predicted molar refractivity (Wildman–Crippen MR) is 121 cm³/mol. The van der Waals surface area contributed by atoms with Gasteiger partial charge >= 0.3 is 6.09 Å². The Bertz CT molecular complexity index is 902. The summed E-state index contributed by atoms with van der Waals surface area (Å²) in [5, 5.41) is 8.24. The van der Waals surface area contributed by atoms with E-state index in [1.165, 1.54) is 0 Å². The molecular weight excluding hydrogens is 394 g/mol. The molecule has 0 aliphatic heterocycles. The van der Waals surface area contributed by atoms with Gasteiger partial charge in [-0.3, -0.25) is 9.59 Å². The molecule has 2 aromatic carbocycles. The zero-order chi connectivity index (χ0) is 22.9. The molecule has 0 saturated carbocycles. The number of alkyl carbamates (subject to hydrolysis) is 1. The molecule has 2 rings (SSSR count). The number of amides is 3. The maximum atomic E-state index is 12.3. The average molecular weight is 426 g/mol. The monoisotopic (exact) mass is 425 g/mol. The fourth-order valence-corrected chi connectivity index (χ4v) is 2.77. The van der Waals surface area contributed by atoms with Gasteiger partial charge in [0.15, 0.2) is 0 Å². The zero-order valence-corrected chi connectivity index (χ0v) is 18.6. The highest BCUT2D eigenvalue weighted by Crippen LogP contribution is 2.12. The van der Waals surface area contributed by atoms with Gasteiger partial charge in [0, 0.05) is 25.2 Å². The second kappa shape index (κ2) is 11.2. The number of aryl methyl sites for hydroxylation is 1. The summed E-state index contributed by atoms with van der Waals surface area (Å²) in [5.74, 6) is -0.250. The number of rotatable bonds is 8. The number of hydrogen-bond donors (Lipinski definition) is 3. The largest absolute Gasteiger partial charge is 0.444 e. The third-order valence-electron chi connectivity index (χ3n) is 4.36. The predicted octanol–water partition coefficient (Wildman–Crippen LogP) is 3.71. The molecule has 0 spiro atoms. The molecule has 3 N–H and O–H groups in total. The molecule has 0 unspecified atom stereocenters. The van der Waals surface area contributed by atoms with E-state index < -0.39 is 11.7 Å². The minimum absolute atomic E-state index is 0.0761. The normalized spacial score (nSPS) is 10.8. The first-order valence-corrected chi connectivity index (χ1v) is 10.3. The van der Waals surface area contributed by atoms with Crippen molar-refractivity contribution in [1.29, 1.82) is 0 Å². The van der Waals surface area contributed by atoms with Crippen LogP contribution < -0.4 is 16.0 Å². The van der Waals surface area contributed by atoms with E-state index in [2.05, 4.69) is 16.0 Å². The Morgan fingerprint density at radius 2 is 1.58 bits per heavy atom. The second-order valence-corrected chi connectivity index (χ2v) is 8.30. The van der Waals surface area contributed by atoms with Crippen molar-refractivity contribution in [3.05, 3.63) is 65.2 Å². The fraction of sp³-hybridized carbons (Fsp3) is 0.375. The van der Waals surface area contributed by atoms with Crippen molar-refractivity contribution in [3.63, 3.8) is 0 Å². The van der Waals surface area contributed by atoms with Gasteiger partial charge in [-0.25, -0.2) is 4.79 Å². The van der Waals surface area contributed by atoms with Gasteiger partial charge in [0.2, 0.25) is 11.8 Å². The zero-order valence-electron chi connectivity index (χ0n) is 18.6. The highest BCUT2D eigenvalue weighted by Gasteiger charge is 2.15. The molecule has 0 saturated heterocycles. The van der Waals surface area contributed by atoms with E-state index in [1.54, 1.807) is 32.9 Å². The van der Waals surface area contributed by atoms with Gasteiger partial charge in [-0.05, 0) is 56.5 Å². The number of nitrogens with one attached hydrogen (secondary N) is 3. The molecule has 0 fully saturated rings. The van der Waals surface area contributed by atoms with Crippen LogP contribution in [-0.2, 0) is 27.3 Å². The quantitative estimate of drug-likeness (QED) is 0.601. The molecule has 166 valence electrons. The van der Waals surface area contributed by atoms with Crippen LogP contribution in [0.4, 0.5) is 10.5 Å². The Morgan fingerprint density at radius 3 is 2.23 bits per heavy atom. The van der Waals surface area contributed by atoms with E-state index in [-0.39, 0.29) is 24.8 Å². The summed E-state index contributed by atoms with van der Waals surface area (Å²) in [4.78, 5) is 35.7. The Labute approximate surface area is 183 Å². The van der Waals surface area contributed by atoms with Gasteiger partial charge in [0.1, 0.15) is 5.60 Å². The lowest BCUT2D eigenvalue weighted by Gasteiger charge is -2.19. The standard InChI is InChI=1S/C24H31N3O4/c1-17-7-5-6-8-19(17)15-22(29)27-20-11-9-18(10-12-20)16-26-21(28)13-14-25-23(30)31-24(2,3)4/h5-12H,13-16H2,1-4H3,(H,25,30)(H,26,28)(H,27,29). The SMILES string of the molecule is Cc1ccccc1CC(=O)Nc1ccc(CNC(=O)CCNC(=O)OC(C)(C)C)cc1. The minimum atomic E-state index is -0.571. The Hall–Kier alpha value is -3.35. The topological polar surface area (TPSA) is 96.5 Å². The van der Waals surface area contributed by atoms with Crippen LogP contribution in [0.1, 0.15) is 43.9 Å². The molecule has 7 nitrogen and oxygen atoms in total. The van der Waals surface area contributed by atoms with Gasteiger partial charge in [0.25, 0.3) is 0 Å². The van der Waals surface area contributed by atoms with Crippen LogP contribution in [0.5, 0.6) is 0 Å². The molecule has 0 aliphatic rings. The first-order chi connectivity index (χ1) is 14.6. The van der Waals surface area contributed by atoms with E-state index in [4.69, 9.17) is 4.74 Å². The van der Waals surface area contributed by atoms with Gasteiger partial charge in [-0.15, -0.1) is 0 Å². The summed E-state index contributed by atoms with van der Waals surface area (Å²) in [6.07, 6.45) is -0.0611. The molecule has 3 amide bonds. The van der Waals surface area contributed by atoms with Crippen molar-refractivity contribution in [1.82, 2.24) is 10.6 Å². The number of carbonyl (C=O) groups excluding carboxylic acids is 3. The van der Waals surface area contributed by atoms with Crippen molar-refractivity contribution in [2.24, 2.45) is 0 Å². The second-order valence-electron chi connectivity index (χ2n) is 8.30. The van der Waals surface area contributed by atoms with E-state index in [9.17, 15) is 14.4 Å². The summed E-state index contributed by atoms with van der Waals surface area (Å²) in [7, 11) is 0. The smallest absolute Gasteiger partial charge is 0.407 e. The van der Waals surface area contributed by atoms with Crippen LogP contribution in [0.25, 0.3) is 0 Å².